The smallest absolute Gasteiger partial charge is 0.185 e. The van der Waals surface area contributed by atoms with Crippen molar-refractivity contribution >= 4 is 53.5 Å². The van der Waals surface area contributed by atoms with Crippen molar-refractivity contribution in [2.24, 2.45) is 0 Å². The Morgan fingerprint density at radius 1 is 1.27 bits per heavy atom. The van der Waals surface area contributed by atoms with Gasteiger partial charge in [-0.25, -0.2) is 0 Å². The van der Waals surface area contributed by atoms with Gasteiger partial charge in [-0.2, -0.15) is 16.8 Å². The molecule has 0 rings (SSSR count). The minimum Gasteiger partial charge on any atom is -0.185 e. The van der Waals surface area contributed by atoms with E-state index in [4.69, 9.17) is 23.2 Å². The van der Waals surface area contributed by atoms with Gasteiger partial charge in [0.1, 0.15) is 5.38 Å². The second-order valence-corrected chi connectivity index (χ2v) is 4.14. The van der Waals surface area contributed by atoms with Crippen LogP contribution in [-0.2, 0) is 20.6 Å². The molecule has 0 aromatic heterocycles. The van der Waals surface area contributed by atoms with E-state index >= 15 is 0 Å². The molecule has 0 spiro atoms. The van der Waals surface area contributed by atoms with E-state index in [-0.39, 0.29) is 0 Å². The summed E-state index contributed by atoms with van der Waals surface area (Å²) in [6.45, 7) is 0. The number of alkyl halides is 1. The first-order chi connectivity index (χ1) is 4.95. The van der Waals surface area contributed by atoms with Gasteiger partial charge in [-0.15, -0.1) is 11.6 Å². The average Bonchev–Trinajstić information content (AvgIpc) is 1.84. The maximum absolute atomic E-state index is 10.0. The first-order valence-corrected chi connectivity index (χ1v) is 5.16. The fourth-order valence-electron chi connectivity index (χ4n) is 0.243. The molecule has 8 heteroatoms. The Morgan fingerprint density at radius 2 is 1.73 bits per heavy atom. The average molecular weight is 237 g/mol. The van der Waals surface area contributed by atoms with E-state index in [0.717, 1.165) is 0 Å². The third-order valence-corrected chi connectivity index (χ3v) is 3.02. The molecule has 1 atom stereocenters. The molecule has 0 aliphatic carbocycles. The molecule has 0 aromatic carbocycles. The molecular weight excluding hydrogens is 235 g/mol. The maximum atomic E-state index is 10.0. The van der Waals surface area contributed by atoms with Gasteiger partial charge in [0.2, 0.25) is 20.6 Å². The number of hydrogen-bond donors (Lipinski definition) is 0. The van der Waals surface area contributed by atoms with Crippen LogP contribution in [-0.4, -0.2) is 31.9 Å². The van der Waals surface area contributed by atoms with Gasteiger partial charge in [0, 0.05) is 0 Å². The third kappa shape index (κ3) is 4.41. The highest BCUT2D eigenvalue weighted by Crippen LogP contribution is 1.97. The van der Waals surface area contributed by atoms with Crippen LogP contribution in [0.15, 0.2) is 0 Å². The van der Waals surface area contributed by atoms with E-state index in [9.17, 15) is 16.8 Å². The van der Waals surface area contributed by atoms with Gasteiger partial charge in [0.05, 0.1) is 5.37 Å². The first kappa shape index (κ1) is 11.0. The predicted molar refractivity (Wildman–Crippen MR) is 44.4 cm³/mol. The Hall–Kier alpha value is -0.0400. The van der Waals surface area contributed by atoms with E-state index < -0.39 is 30.3 Å². The van der Waals surface area contributed by atoms with Crippen molar-refractivity contribution < 1.29 is 16.8 Å². The Morgan fingerprint density at radius 3 is 2.00 bits per heavy atom. The van der Waals surface area contributed by atoms with Crippen molar-refractivity contribution in [3.05, 3.63) is 0 Å². The molecule has 11 heavy (non-hydrogen) atoms. The summed E-state index contributed by atoms with van der Waals surface area (Å²) in [5.74, 6) is 0. The highest BCUT2D eigenvalue weighted by Gasteiger charge is 2.08. The molecule has 1 unspecified atom stereocenters. The van der Waals surface area contributed by atoms with Gasteiger partial charge in [0.25, 0.3) is 0 Å². The lowest BCUT2D eigenvalue weighted by Gasteiger charge is -1.90. The van der Waals surface area contributed by atoms with E-state index in [1.807, 2.05) is 0 Å². The van der Waals surface area contributed by atoms with Crippen molar-refractivity contribution in [1.29, 1.82) is 0 Å². The van der Waals surface area contributed by atoms with Crippen LogP contribution in [0.2, 0.25) is 0 Å². The van der Waals surface area contributed by atoms with Crippen LogP contribution in [0.3, 0.4) is 0 Å². The lowest BCUT2D eigenvalue weighted by molar-refractivity contribution is 0.626. The molecule has 0 aromatic rings. The standard InChI is InChI=1S/C3H2Cl2O4S2/c4-2(1-10(6)7)3(5)11(8)9/h1-2H. The molecule has 0 aliphatic rings. The Balaban J connectivity index is 4.97. The van der Waals surface area contributed by atoms with E-state index in [1.165, 1.54) is 0 Å². The molecule has 0 fully saturated rings. The fraction of sp³-hybridized carbons (Fsp3) is 0.333. The summed E-state index contributed by atoms with van der Waals surface area (Å²) >= 11 is 10.3. The molecule has 0 amide bonds. The van der Waals surface area contributed by atoms with Crippen LogP contribution in [0.1, 0.15) is 0 Å². The molecule has 0 radical (unpaired) electrons. The summed E-state index contributed by atoms with van der Waals surface area (Å²) in [5.41, 5.74) is 0. The zero-order valence-corrected chi connectivity index (χ0v) is 8.00. The molecule has 0 aliphatic heterocycles. The summed E-state index contributed by atoms with van der Waals surface area (Å²) < 4.78 is 39.3. The zero-order valence-electron chi connectivity index (χ0n) is 4.86. The van der Waals surface area contributed by atoms with Gasteiger partial charge in [-0.05, 0) is 0 Å². The van der Waals surface area contributed by atoms with Gasteiger partial charge >= 0.3 is 0 Å². The van der Waals surface area contributed by atoms with Gasteiger partial charge in [-0.3, -0.25) is 0 Å². The highest BCUT2D eigenvalue weighted by molar-refractivity contribution is 7.77. The Labute approximate surface area is 75.8 Å². The summed E-state index contributed by atoms with van der Waals surface area (Å²) in [6.07, 6.45) is 0. The second-order valence-electron chi connectivity index (χ2n) is 1.34. The van der Waals surface area contributed by atoms with Crippen molar-refractivity contribution in [2.75, 3.05) is 0 Å². The van der Waals surface area contributed by atoms with E-state index in [1.54, 1.807) is 0 Å². The van der Waals surface area contributed by atoms with E-state index in [2.05, 4.69) is 0 Å². The second kappa shape index (κ2) is 4.76. The van der Waals surface area contributed by atoms with Gasteiger partial charge in [0.15, 0.2) is 4.32 Å². The molecule has 0 saturated heterocycles. The summed E-state index contributed by atoms with van der Waals surface area (Å²) in [7, 11) is -5.18. The van der Waals surface area contributed by atoms with Crippen molar-refractivity contribution in [1.82, 2.24) is 0 Å². The molecule has 0 bridgehead atoms. The molecule has 0 heterocycles. The molecular formula is C3H2Cl2O4S2. The van der Waals surface area contributed by atoms with Crippen LogP contribution in [0.4, 0.5) is 0 Å². The van der Waals surface area contributed by atoms with Crippen molar-refractivity contribution in [3.63, 3.8) is 0 Å². The van der Waals surface area contributed by atoms with Crippen LogP contribution in [0.5, 0.6) is 0 Å². The van der Waals surface area contributed by atoms with Crippen LogP contribution < -0.4 is 0 Å². The highest BCUT2D eigenvalue weighted by atomic mass is 35.5. The number of rotatable bonds is 2. The lowest BCUT2D eigenvalue weighted by atomic mass is 10.6. The monoisotopic (exact) mass is 236 g/mol. The fourth-order valence-corrected chi connectivity index (χ4v) is 1.52. The first-order valence-electron chi connectivity index (χ1n) is 2.14. The molecule has 0 saturated carbocycles. The predicted octanol–water partition coefficient (Wildman–Crippen LogP) is -0.477. The third-order valence-electron chi connectivity index (χ3n) is 0.607. The summed E-state index contributed by atoms with van der Waals surface area (Å²) in [4.78, 5) is 0. The van der Waals surface area contributed by atoms with Crippen LogP contribution in [0.25, 0.3) is 0 Å². The van der Waals surface area contributed by atoms with Crippen LogP contribution in [0, 0.1) is 0 Å². The lowest BCUT2D eigenvalue weighted by Crippen LogP contribution is -2.10. The minimum atomic E-state index is -2.66. The quantitative estimate of drug-likeness (QED) is 0.369. The zero-order chi connectivity index (χ0) is 9.02. The van der Waals surface area contributed by atoms with Crippen molar-refractivity contribution in [2.45, 2.75) is 5.38 Å². The molecule has 4 nitrogen and oxygen atoms in total. The normalized spacial score (nSPS) is 11.8. The molecule has 64 valence electrons. The largest absolute Gasteiger partial charge is 0.230 e. The van der Waals surface area contributed by atoms with Gasteiger partial charge in [-0.1, -0.05) is 11.6 Å². The van der Waals surface area contributed by atoms with Crippen molar-refractivity contribution in [3.8, 4) is 0 Å². The Bertz CT molecular complexity index is 373. The van der Waals surface area contributed by atoms with E-state index in [0.29, 0.717) is 5.37 Å². The van der Waals surface area contributed by atoms with Gasteiger partial charge < -0.3 is 0 Å². The number of hydrogen-bond acceptors (Lipinski definition) is 4. The molecule has 0 N–H and O–H groups in total. The number of halogens is 2. The summed E-state index contributed by atoms with van der Waals surface area (Å²) in [5, 5.41) is -0.743. The van der Waals surface area contributed by atoms with Crippen LogP contribution >= 0.6 is 23.2 Å². The summed E-state index contributed by atoms with van der Waals surface area (Å²) in [6, 6.07) is 0. The topological polar surface area (TPSA) is 68.3 Å². The SMILES string of the molecule is O=S(=O)=CC(Cl)C(Cl)=S(=O)=O. The minimum absolute atomic E-state index is 0.569. The Kier molecular flexibility index (Phi) is 4.74. The maximum Gasteiger partial charge on any atom is 0.230 e.